The fourth-order valence-corrected chi connectivity index (χ4v) is 2.77. The van der Waals surface area contributed by atoms with E-state index in [0.717, 1.165) is 22.6 Å². The molecule has 0 saturated carbocycles. The molecule has 7 heteroatoms. The van der Waals surface area contributed by atoms with Crippen LogP contribution in [0.3, 0.4) is 0 Å². The molecule has 5 nitrogen and oxygen atoms in total. The molecule has 0 bridgehead atoms. The minimum absolute atomic E-state index is 0.168. The van der Waals surface area contributed by atoms with Crippen molar-refractivity contribution in [2.45, 2.75) is 6.54 Å². The lowest BCUT2D eigenvalue weighted by atomic mass is 10.1. The maximum atomic E-state index is 6.08. The molecule has 26 heavy (non-hydrogen) atoms. The fraction of sp³-hybridized carbons (Fsp3) is 0.158. The van der Waals surface area contributed by atoms with E-state index >= 15 is 0 Å². The van der Waals surface area contributed by atoms with Crippen molar-refractivity contribution in [3.05, 3.63) is 64.4 Å². The molecule has 3 rings (SSSR count). The second-order valence-electron chi connectivity index (χ2n) is 5.45. The van der Waals surface area contributed by atoms with Crippen LogP contribution in [0.25, 0.3) is 11.3 Å². The molecule has 2 aromatic carbocycles. The lowest BCUT2D eigenvalue weighted by Crippen LogP contribution is -2.04. The van der Waals surface area contributed by atoms with Gasteiger partial charge in [-0.25, -0.2) is 9.97 Å². The van der Waals surface area contributed by atoms with Crippen LogP contribution < -0.4 is 14.8 Å². The Kier molecular flexibility index (Phi) is 5.81. The van der Waals surface area contributed by atoms with Gasteiger partial charge in [-0.05, 0) is 35.9 Å². The predicted octanol–water partition coefficient (Wildman–Crippen LogP) is 5.08. The zero-order chi connectivity index (χ0) is 18.5. The van der Waals surface area contributed by atoms with Crippen molar-refractivity contribution in [1.29, 1.82) is 0 Å². The Morgan fingerprint density at radius 3 is 2.38 bits per heavy atom. The maximum absolute atomic E-state index is 6.08. The Balaban J connectivity index is 1.81. The number of hydrogen-bond donors (Lipinski definition) is 1. The number of rotatable bonds is 6. The molecule has 0 atom stereocenters. The van der Waals surface area contributed by atoms with Crippen LogP contribution in [0.5, 0.6) is 11.5 Å². The highest BCUT2D eigenvalue weighted by molar-refractivity contribution is 6.30. The zero-order valence-corrected chi connectivity index (χ0v) is 15.8. The van der Waals surface area contributed by atoms with Gasteiger partial charge < -0.3 is 14.8 Å². The SMILES string of the molecule is COc1ccc(CNc2cc(-c3ccc(Cl)cc3)nc(Cl)n2)c(OC)c1. The summed E-state index contributed by atoms with van der Waals surface area (Å²) in [7, 11) is 3.24. The zero-order valence-electron chi connectivity index (χ0n) is 14.3. The Hall–Kier alpha value is -2.50. The van der Waals surface area contributed by atoms with Crippen LogP contribution in [0.4, 0.5) is 5.82 Å². The summed E-state index contributed by atoms with van der Waals surface area (Å²) in [5.41, 5.74) is 2.59. The number of nitrogens with zero attached hydrogens (tertiary/aromatic N) is 2. The highest BCUT2D eigenvalue weighted by atomic mass is 35.5. The molecule has 0 amide bonds. The Morgan fingerprint density at radius 1 is 0.923 bits per heavy atom. The third kappa shape index (κ3) is 4.36. The van der Waals surface area contributed by atoms with Crippen LogP contribution in [-0.2, 0) is 6.54 Å². The van der Waals surface area contributed by atoms with E-state index in [-0.39, 0.29) is 5.28 Å². The third-order valence-electron chi connectivity index (χ3n) is 3.79. The van der Waals surface area contributed by atoms with Gasteiger partial charge >= 0.3 is 0 Å². The van der Waals surface area contributed by atoms with Crippen molar-refractivity contribution in [2.75, 3.05) is 19.5 Å². The molecule has 134 valence electrons. The van der Waals surface area contributed by atoms with E-state index in [9.17, 15) is 0 Å². The third-order valence-corrected chi connectivity index (χ3v) is 4.21. The lowest BCUT2D eigenvalue weighted by molar-refractivity contribution is 0.391. The molecule has 0 radical (unpaired) electrons. The highest BCUT2D eigenvalue weighted by Gasteiger charge is 2.08. The molecule has 0 aliphatic carbocycles. The second kappa shape index (κ2) is 8.25. The number of halogens is 2. The standard InChI is InChI=1S/C19H17Cl2N3O2/c1-25-15-8-5-13(17(9-15)26-2)11-22-18-10-16(23-19(21)24-18)12-3-6-14(20)7-4-12/h3-10H,11H2,1-2H3,(H,22,23,24). The van der Waals surface area contributed by atoms with Crippen molar-refractivity contribution in [3.63, 3.8) is 0 Å². The molecule has 0 unspecified atom stereocenters. The first-order chi connectivity index (χ1) is 12.6. The van der Waals surface area contributed by atoms with Crippen LogP contribution in [0.15, 0.2) is 48.5 Å². The van der Waals surface area contributed by atoms with Gasteiger partial charge in [0, 0.05) is 34.8 Å². The van der Waals surface area contributed by atoms with Gasteiger partial charge in [0.05, 0.1) is 19.9 Å². The number of nitrogens with one attached hydrogen (secondary N) is 1. The number of methoxy groups -OCH3 is 2. The van der Waals surface area contributed by atoms with Crippen molar-refractivity contribution < 1.29 is 9.47 Å². The number of ether oxygens (including phenoxy) is 2. The summed E-state index contributed by atoms with van der Waals surface area (Å²) in [6, 6.07) is 14.9. The molecule has 1 N–H and O–H groups in total. The van der Waals surface area contributed by atoms with Gasteiger partial charge in [-0.1, -0.05) is 23.7 Å². The minimum atomic E-state index is 0.168. The fourth-order valence-electron chi connectivity index (χ4n) is 2.46. The Labute approximate surface area is 161 Å². The van der Waals surface area contributed by atoms with Crippen molar-refractivity contribution in [3.8, 4) is 22.8 Å². The maximum Gasteiger partial charge on any atom is 0.224 e. The summed E-state index contributed by atoms with van der Waals surface area (Å²) in [5.74, 6) is 2.09. The van der Waals surface area contributed by atoms with E-state index in [0.29, 0.717) is 23.1 Å². The van der Waals surface area contributed by atoms with E-state index in [2.05, 4.69) is 15.3 Å². The highest BCUT2D eigenvalue weighted by Crippen LogP contribution is 2.27. The number of benzene rings is 2. The molecule has 0 spiro atoms. The van der Waals surface area contributed by atoms with E-state index < -0.39 is 0 Å². The van der Waals surface area contributed by atoms with Crippen molar-refractivity contribution >= 4 is 29.0 Å². The lowest BCUT2D eigenvalue weighted by Gasteiger charge is -2.12. The molecule has 0 saturated heterocycles. The van der Waals surface area contributed by atoms with Gasteiger partial charge in [0.15, 0.2) is 0 Å². The summed E-state index contributed by atoms with van der Waals surface area (Å²) in [5, 5.41) is 4.09. The number of hydrogen-bond acceptors (Lipinski definition) is 5. The first-order valence-electron chi connectivity index (χ1n) is 7.84. The van der Waals surface area contributed by atoms with Crippen molar-refractivity contribution in [1.82, 2.24) is 9.97 Å². The van der Waals surface area contributed by atoms with Gasteiger partial charge in [-0.2, -0.15) is 0 Å². The van der Waals surface area contributed by atoms with Crippen LogP contribution in [0, 0.1) is 0 Å². The molecule has 0 aliphatic rings. The quantitative estimate of drug-likeness (QED) is 0.595. The molecule has 1 heterocycles. The number of anilines is 1. The summed E-state index contributed by atoms with van der Waals surface area (Å²) in [6.45, 7) is 0.514. The van der Waals surface area contributed by atoms with Gasteiger partial charge in [0.1, 0.15) is 17.3 Å². The van der Waals surface area contributed by atoms with Crippen molar-refractivity contribution in [2.24, 2.45) is 0 Å². The van der Waals surface area contributed by atoms with Crippen LogP contribution in [-0.4, -0.2) is 24.2 Å². The first-order valence-corrected chi connectivity index (χ1v) is 8.60. The van der Waals surface area contributed by atoms with Crippen LogP contribution in [0.1, 0.15) is 5.56 Å². The molecular formula is C19H17Cl2N3O2. The normalized spacial score (nSPS) is 10.5. The summed E-state index contributed by atoms with van der Waals surface area (Å²) in [4.78, 5) is 8.51. The van der Waals surface area contributed by atoms with Gasteiger partial charge in [0.2, 0.25) is 5.28 Å². The molecular weight excluding hydrogens is 373 g/mol. The van der Waals surface area contributed by atoms with E-state index in [1.54, 1.807) is 14.2 Å². The molecule has 1 aromatic heterocycles. The topological polar surface area (TPSA) is 56.3 Å². The Bertz CT molecular complexity index is 902. The van der Waals surface area contributed by atoms with Gasteiger partial charge in [-0.3, -0.25) is 0 Å². The van der Waals surface area contributed by atoms with E-state index in [4.69, 9.17) is 32.7 Å². The largest absolute Gasteiger partial charge is 0.497 e. The van der Waals surface area contributed by atoms with Gasteiger partial charge in [-0.15, -0.1) is 0 Å². The van der Waals surface area contributed by atoms with E-state index in [1.807, 2.05) is 48.5 Å². The monoisotopic (exact) mass is 389 g/mol. The number of aromatic nitrogens is 2. The minimum Gasteiger partial charge on any atom is -0.497 e. The molecule has 0 aliphatic heterocycles. The molecule has 0 fully saturated rings. The first kappa shape index (κ1) is 18.3. The summed E-state index contributed by atoms with van der Waals surface area (Å²) >= 11 is 12.0. The van der Waals surface area contributed by atoms with Crippen LogP contribution >= 0.6 is 23.2 Å². The summed E-state index contributed by atoms with van der Waals surface area (Å²) in [6.07, 6.45) is 0. The smallest absolute Gasteiger partial charge is 0.224 e. The summed E-state index contributed by atoms with van der Waals surface area (Å²) < 4.78 is 10.6. The predicted molar refractivity (Wildman–Crippen MR) is 104 cm³/mol. The molecule has 3 aromatic rings. The van der Waals surface area contributed by atoms with E-state index in [1.165, 1.54) is 0 Å². The average molecular weight is 390 g/mol. The Morgan fingerprint density at radius 2 is 1.69 bits per heavy atom. The van der Waals surface area contributed by atoms with Crippen LogP contribution in [0.2, 0.25) is 10.3 Å². The van der Waals surface area contributed by atoms with Gasteiger partial charge in [0.25, 0.3) is 0 Å². The average Bonchev–Trinajstić information content (AvgIpc) is 2.66. The second-order valence-corrected chi connectivity index (χ2v) is 6.22.